The van der Waals surface area contributed by atoms with Crippen molar-refractivity contribution in [2.24, 2.45) is 10.8 Å². The molecule has 0 radical (unpaired) electrons. The fraction of sp³-hybridized carbons (Fsp3) is 0.547. The van der Waals surface area contributed by atoms with Crippen LogP contribution in [0.25, 0.3) is 0 Å². The number of hydrogen-bond donors (Lipinski definition) is 6. The third-order valence-electron chi connectivity index (χ3n) is 13.9. The molecule has 6 unspecified atom stereocenters. The Hall–Kier alpha value is -5.80. The number of nitrogens with one attached hydrogen (secondary N) is 6. The molecule has 1 fully saturated rings. The standard InChI is InChI=1S/C53H72N8O7/c1-52(2,3)46(58-44(62)28-54-7)50(66)60-30-35-25-36(24-23-34(35)26-42(60)48(64)56-40-21-13-17-32-15-9-11-19-38(32)40)68-37-27-43(49(65)57-41-22-14-18-33-16-10-12-20-39(33)41)61(31-37)51(67)47(53(4,5)6)59-45(63)29-55-8/h9-12,15-16,19-20,23-25,37,40-43,46-47,54-55H,13-14,17-18,21-22,26-31H2,1-8H3,(H,56,64)(H,57,65)(H,58,62)(H,59,63)/t37-,40?,41?,42?,43?,46?,47?/m0/s1. The van der Waals surface area contributed by atoms with E-state index in [4.69, 9.17) is 4.74 Å². The first-order valence-corrected chi connectivity index (χ1v) is 24.4. The van der Waals surface area contributed by atoms with E-state index in [-0.39, 0.29) is 86.5 Å². The van der Waals surface area contributed by atoms with Crippen LogP contribution in [0, 0.1) is 10.8 Å². The number of amides is 6. The molecule has 4 aliphatic rings. The number of carbonyl (C=O) groups excluding carboxylic acids is 6. The summed E-state index contributed by atoms with van der Waals surface area (Å²) in [4.78, 5) is 87.7. The van der Waals surface area contributed by atoms with Crippen LogP contribution in [-0.4, -0.2) is 109 Å². The number of aryl methyl sites for hydroxylation is 2. The maximum absolute atomic E-state index is 14.9. The zero-order valence-electron chi connectivity index (χ0n) is 41.1. The highest BCUT2D eigenvalue weighted by Crippen LogP contribution is 2.36. The second-order valence-electron chi connectivity index (χ2n) is 21.2. The largest absolute Gasteiger partial charge is 0.488 e. The molecule has 0 aromatic heterocycles. The third kappa shape index (κ3) is 11.5. The molecule has 7 rings (SSSR count). The molecule has 15 heteroatoms. The fourth-order valence-corrected chi connectivity index (χ4v) is 10.4. The van der Waals surface area contributed by atoms with E-state index in [0.717, 1.165) is 60.8 Å². The molecule has 1 saturated heterocycles. The van der Waals surface area contributed by atoms with Gasteiger partial charge in [-0.05, 0) is 109 Å². The van der Waals surface area contributed by atoms with E-state index >= 15 is 0 Å². The summed E-state index contributed by atoms with van der Waals surface area (Å²) in [5, 5.41) is 18.2. The van der Waals surface area contributed by atoms with Crippen LogP contribution in [-0.2, 0) is 54.6 Å². The second-order valence-corrected chi connectivity index (χ2v) is 21.2. The number of ether oxygens (including phenoxy) is 1. The summed E-state index contributed by atoms with van der Waals surface area (Å²) in [6.07, 6.45) is 5.16. The Kier molecular flexibility index (Phi) is 15.6. The van der Waals surface area contributed by atoms with E-state index in [1.807, 2.05) is 84.0 Å². The van der Waals surface area contributed by atoms with Crippen LogP contribution >= 0.6 is 0 Å². The average Bonchev–Trinajstić information content (AvgIpc) is 3.72. The highest BCUT2D eigenvalue weighted by molar-refractivity contribution is 5.95. The molecule has 2 aliphatic heterocycles. The van der Waals surface area contributed by atoms with Gasteiger partial charge in [-0.25, -0.2) is 0 Å². The Bertz CT molecular complexity index is 2360. The van der Waals surface area contributed by atoms with Gasteiger partial charge >= 0.3 is 0 Å². The minimum Gasteiger partial charge on any atom is -0.488 e. The Morgan fingerprint density at radius 3 is 1.65 bits per heavy atom. The molecule has 0 bridgehead atoms. The van der Waals surface area contributed by atoms with Crippen LogP contribution in [0.2, 0.25) is 0 Å². The summed E-state index contributed by atoms with van der Waals surface area (Å²) in [7, 11) is 3.33. The normalized spacial score (nSPS) is 22.1. The SMILES string of the molecule is CNCC(=O)NC(C(=O)N1Cc2cc(O[C@H]3CC(C(=O)NC4CCCc5ccccc54)N(C(=O)C(NC(=O)CNC)C(C)(C)C)C3)ccc2CC1C(=O)NC1CCCc2ccccc21)C(C)(C)C. The smallest absolute Gasteiger partial charge is 0.246 e. The third-order valence-corrected chi connectivity index (χ3v) is 13.9. The lowest BCUT2D eigenvalue weighted by atomic mass is 9.84. The Morgan fingerprint density at radius 2 is 1.13 bits per heavy atom. The molecule has 2 aliphatic carbocycles. The number of nitrogens with zero attached hydrogens (tertiary/aromatic N) is 2. The van der Waals surface area contributed by atoms with Crippen LogP contribution in [0.3, 0.4) is 0 Å². The summed E-state index contributed by atoms with van der Waals surface area (Å²) >= 11 is 0. The Morgan fingerprint density at radius 1 is 0.632 bits per heavy atom. The van der Waals surface area contributed by atoms with Gasteiger partial charge in [-0.3, -0.25) is 28.8 Å². The van der Waals surface area contributed by atoms with E-state index in [1.54, 1.807) is 23.9 Å². The van der Waals surface area contributed by atoms with Crippen molar-refractivity contribution in [3.8, 4) is 5.75 Å². The van der Waals surface area contributed by atoms with Gasteiger partial charge in [-0.1, -0.05) is 96.1 Å². The molecule has 366 valence electrons. The summed E-state index contributed by atoms with van der Waals surface area (Å²) in [6, 6.07) is 18.0. The molecule has 7 atom stereocenters. The van der Waals surface area contributed by atoms with Gasteiger partial charge in [0, 0.05) is 19.4 Å². The molecule has 68 heavy (non-hydrogen) atoms. The van der Waals surface area contributed by atoms with E-state index < -0.39 is 41.1 Å². The summed E-state index contributed by atoms with van der Waals surface area (Å²) < 4.78 is 6.70. The van der Waals surface area contributed by atoms with Gasteiger partial charge in [0.25, 0.3) is 0 Å². The van der Waals surface area contributed by atoms with Gasteiger partial charge in [0.1, 0.15) is 36.0 Å². The minimum atomic E-state index is -0.929. The fourth-order valence-electron chi connectivity index (χ4n) is 10.4. The lowest BCUT2D eigenvalue weighted by molar-refractivity contribution is -0.147. The van der Waals surface area contributed by atoms with E-state index in [0.29, 0.717) is 5.75 Å². The van der Waals surface area contributed by atoms with E-state index in [1.165, 1.54) is 11.1 Å². The average molecular weight is 933 g/mol. The van der Waals surface area contributed by atoms with Gasteiger partial charge in [-0.15, -0.1) is 0 Å². The molecule has 3 aromatic rings. The van der Waals surface area contributed by atoms with Crippen molar-refractivity contribution in [3.63, 3.8) is 0 Å². The summed E-state index contributed by atoms with van der Waals surface area (Å²) in [5.41, 5.74) is 4.88. The van der Waals surface area contributed by atoms with Crippen molar-refractivity contribution in [3.05, 3.63) is 100 Å². The molecule has 3 aromatic carbocycles. The van der Waals surface area contributed by atoms with Crippen molar-refractivity contribution in [2.75, 3.05) is 33.7 Å². The summed E-state index contributed by atoms with van der Waals surface area (Å²) in [5.74, 6) is -1.44. The number of hydrogen-bond acceptors (Lipinski definition) is 9. The molecule has 6 N–H and O–H groups in total. The topological polar surface area (TPSA) is 190 Å². The molecule has 6 amide bonds. The molecule has 0 spiro atoms. The van der Waals surface area contributed by atoms with Crippen molar-refractivity contribution in [1.29, 1.82) is 0 Å². The number of likely N-dealkylation sites (N-methyl/N-ethyl adjacent to an activating group) is 2. The minimum absolute atomic E-state index is 0.0253. The summed E-state index contributed by atoms with van der Waals surface area (Å²) in [6.45, 7) is 11.6. The van der Waals surface area contributed by atoms with Crippen LogP contribution in [0.4, 0.5) is 0 Å². The highest BCUT2D eigenvalue weighted by Gasteiger charge is 2.47. The molecular formula is C53H72N8O7. The van der Waals surface area contributed by atoms with Gasteiger partial charge in [-0.2, -0.15) is 0 Å². The van der Waals surface area contributed by atoms with Crippen LogP contribution in [0.5, 0.6) is 5.75 Å². The van der Waals surface area contributed by atoms with Crippen molar-refractivity contribution in [1.82, 2.24) is 41.7 Å². The van der Waals surface area contributed by atoms with E-state index in [2.05, 4.69) is 56.2 Å². The zero-order chi connectivity index (χ0) is 48.9. The van der Waals surface area contributed by atoms with Crippen molar-refractivity contribution < 1.29 is 33.5 Å². The number of rotatable bonds is 14. The molecule has 15 nitrogen and oxygen atoms in total. The first-order valence-electron chi connectivity index (χ1n) is 24.4. The number of carbonyl (C=O) groups is 6. The maximum atomic E-state index is 14.9. The highest BCUT2D eigenvalue weighted by atomic mass is 16.5. The lowest BCUT2D eigenvalue weighted by Crippen LogP contribution is -2.61. The second kappa shape index (κ2) is 21.2. The van der Waals surface area contributed by atoms with Gasteiger partial charge < -0.3 is 46.4 Å². The van der Waals surface area contributed by atoms with Crippen LogP contribution in [0.1, 0.15) is 119 Å². The quantitative estimate of drug-likeness (QED) is 0.138. The Balaban J connectivity index is 1.16. The van der Waals surface area contributed by atoms with Gasteiger partial charge in [0.05, 0.1) is 31.7 Å². The van der Waals surface area contributed by atoms with E-state index in [9.17, 15) is 28.8 Å². The predicted octanol–water partition coefficient (Wildman–Crippen LogP) is 4.18. The van der Waals surface area contributed by atoms with Crippen LogP contribution < -0.4 is 36.6 Å². The van der Waals surface area contributed by atoms with Crippen LogP contribution in [0.15, 0.2) is 66.7 Å². The first kappa shape index (κ1) is 50.1. The monoisotopic (exact) mass is 933 g/mol. The van der Waals surface area contributed by atoms with Crippen molar-refractivity contribution >= 4 is 35.4 Å². The number of benzene rings is 3. The Labute approximate surface area is 401 Å². The first-order chi connectivity index (χ1) is 32.4. The number of fused-ring (bicyclic) bond motifs is 3. The molecular weight excluding hydrogens is 861 g/mol. The lowest BCUT2D eigenvalue weighted by Gasteiger charge is -2.41. The zero-order valence-corrected chi connectivity index (χ0v) is 41.1. The molecule has 0 saturated carbocycles. The molecule has 2 heterocycles. The van der Waals surface area contributed by atoms with Gasteiger partial charge in [0.15, 0.2) is 0 Å². The van der Waals surface area contributed by atoms with Crippen molar-refractivity contribution in [2.45, 2.75) is 142 Å². The predicted molar refractivity (Wildman–Crippen MR) is 260 cm³/mol. The number of likely N-dealkylation sites (tertiary alicyclic amines) is 1. The maximum Gasteiger partial charge on any atom is 0.246 e. The van der Waals surface area contributed by atoms with Gasteiger partial charge in [0.2, 0.25) is 35.4 Å².